The van der Waals surface area contributed by atoms with Crippen molar-refractivity contribution < 1.29 is 14.0 Å². The number of pyridine rings is 1. The summed E-state index contributed by atoms with van der Waals surface area (Å²) in [5.74, 6) is 1.37. The molecule has 8 nitrogen and oxygen atoms in total. The first kappa shape index (κ1) is 25.9. The molecule has 1 aliphatic heterocycles. The molecule has 8 heteroatoms. The minimum atomic E-state index is -0.178. The number of aromatic nitrogens is 3. The van der Waals surface area contributed by atoms with Gasteiger partial charge >= 0.3 is 0 Å². The zero-order chi connectivity index (χ0) is 25.8. The number of unbranched alkanes of at least 4 members (excludes halogenated alkanes) is 3. The molecule has 1 atom stereocenters. The standard InChI is InChI=1S/C28H39N5O3/c1-6-7-8-9-12-29-27(34)21-11-10-13-32(17-21)28(35)23-15-25(22-14-19(4)36-20(22)5)31-26-24(23)16-30-33(26)18(2)3/h14-16,18,21H,6-13,17H2,1-5H3,(H,29,34). The van der Waals surface area contributed by atoms with Crippen molar-refractivity contribution in [3.05, 3.63) is 35.4 Å². The number of amides is 2. The van der Waals surface area contributed by atoms with Crippen LogP contribution in [0.3, 0.4) is 0 Å². The molecule has 3 aromatic heterocycles. The van der Waals surface area contributed by atoms with Crippen molar-refractivity contribution in [1.29, 1.82) is 0 Å². The van der Waals surface area contributed by atoms with Crippen LogP contribution in [0.4, 0.5) is 0 Å². The fourth-order valence-corrected chi connectivity index (χ4v) is 5.05. The average molecular weight is 494 g/mol. The van der Waals surface area contributed by atoms with E-state index in [0.29, 0.717) is 36.5 Å². The maximum Gasteiger partial charge on any atom is 0.254 e. The number of hydrogen-bond donors (Lipinski definition) is 1. The molecule has 2 amide bonds. The number of rotatable bonds is 9. The Morgan fingerprint density at radius 1 is 1.19 bits per heavy atom. The van der Waals surface area contributed by atoms with E-state index in [1.54, 1.807) is 6.20 Å². The van der Waals surface area contributed by atoms with Crippen molar-refractivity contribution in [2.75, 3.05) is 19.6 Å². The molecule has 0 radical (unpaired) electrons. The number of carbonyl (C=O) groups is 2. The van der Waals surface area contributed by atoms with E-state index in [-0.39, 0.29) is 23.8 Å². The fourth-order valence-electron chi connectivity index (χ4n) is 5.05. The van der Waals surface area contributed by atoms with E-state index >= 15 is 0 Å². The highest BCUT2D eigenvalue weighted by Crippen LogP contribution is 2.31. The summed E-state index contributed by atoms with van der Waals surface area (Å²) in [5.41, 5.74) is 2.82. The van der Waals surface area contributed by atoms with Crippen molar-refractivity contribution in [1.82, 2.24) is 25.0 Å². The molecule has 1 fully saturated rings. The van der Waals surface area contributed by atoms with Crippen molar-refractivity contribution in [3.8, 4) is 11.3 Å². The van der Waals surface area contributed by atoms with Crippen LogP contribution in [-0.4, -0.2) is 51.1 Å². The van der Waals surface area contributed by atoms with E-state index < -0.39 is 0 Å². The van der Waals surface area contributed by atoms with E-state index in [0.717, 1.165) is 48.2 Å². The van der Waals surface area contributed by atoms with Crippen LogP contribution in [0, 0.1) is 19.8 Å². The summed E-state index contributed by atoms with van der Waals surface area (Å²) < 4.78 is 7.60. The van der Waals surface area contributed by atoms with Gasteiger partial charge in [0.15, 0.2) is 5.65 Å². The Labute approximate surface area is 213 Å². The summed E-state index contributed by atoms with van der Waals surface area (Å²) in [7, 11) is 0. The Bertz CT molecular complexity index is 1230. The highest BCUT2D eigenvalue weighted by molar-refractivity contribution is 6.06. The smallest absolute Gasteiger partial charge is 0.254 e. The molecule has 0 aliphatic carbocycles. The van der Waals surface area contributed by atoms with Gasteiger partial charge in [-0.05, 0) is 59.1 Å². The number of nitrogens with one attached hydrogen (secondary N) is 1. The van der Waals surface area contributed by atoms with Crippen molar-refractivity contribution in [2.24, 2.45) is 5.92 Å². The van der Waals surface area contributed by atoms with Crippen molar-refractivity contribution in [2.45, 2.75) is 79.2 Å². The summed E-state index contributed by atoms with van der Waals surface area (Å²) in [6.45, 7) is 11.9. The lowest BCUT2D eigenvalue weighted by atomic mass is 9.96. The van der Waals surface area contributed by atoms with Gasteiger partial charge in [0.2, 0.25) is 5.91 Å². The van der Waals surface area contributed by atoms with Crippen LogP contribution < -0.4 is 5.32 Å². The molecular weight excluding hydrogens is 454 g/mol. The number of piperidine rings is 1. The Morgan fingerprint density at radius 3 is 2.69 bits per heavy atom. The predicted octanol–water partition coefficient (Wildman–Crippen LogP) is 5.44. The summed E-state index contributed by atoms with van der Waals surface area (Å²) in [5, 5.41) is 8.36. The maximum atomic E-state index is 13.9. The summed E-state index contributed by atoms with van der Waals surface area (Å²) in [6, 6.07) is 3.90. The number of aryl methyl sites for hydroxylation is 2. The third-order valence-corrected chi connectivity index (χ3v) is 7.01. The molecule has 0 aromatic carbocycles. The summed E-state index contributed by atoms with van der Waals surface area (Å²) in [4.78, 5) is 33.4. The monoisotopic (exact) mass is 493 g/mol. The second-order valence-electron chi connectivity index (χ2n) is 10.2. The van der Waals surface area contributed by atoms with Gasteiger partial charge < -0.3 is 14.6 Å². The minimum Gasteiger partial charge on any atom is -0.466 e. The first-order valence-corrected chi connectivity index (χ1v) is 13.3. The summed E-state index contributed by atoms with van der Waals surface area (Å²) >= 11 is 0. The highest BCUT2D eigenvalue weighted by atomic mass is 16.3. The van der Waals surface area contributed by atoms with Gasteiger partial charge in [0.1, 0.15) is 11.5 Å². The quantitative estimate of drug-likeness (QED) is 0.401. The second kappa shape index (κ2) is 11.3. The zero-order valence-electron chi connectivity index (χ0n) is 22.3. The molecule has 0 bridgehead atoms. The molecular formula is C28H39N5O3. The number of hydrogen-bond acceptors (Lipinski definition) is 5. The lowest BCUT2D eigenvalue weighted by Crippen LogP contribution is -2.45. The van der Waals surface area contributed by atoms with Crippen LogP contribution in [0.5, 0.6) is 0 Å². The molecule has 1 saturated heterocycles. The van der Waals surface area contributed by atoms with Gasteiger partial charge in [0, 0.05) is 31.2 Å². The number of nitrogens with zero attached hydrogens (tertiary/aromatic N) is 4. The molecule has 0 spiro atoms. The van der Waals surface area contributed by atoms with E-state index in [1.807, 2.05) is 49.4 Å². The van der Waals surface area contributed by atoms with Gasteiger partial charge in [-0.3, -0.25) is 9.59 Å². The van der Waals surface area contributed by atoms with Gasteiger partial charge in [-0.1, -0.05) is 26.2 Å². The lowest BCUT2D eigenvalue weighted by molar-refractivity contribution is -0.126. The molecule has 1 aliphatic rings. The van der Waals surface area contributed by atoms with Gasteiger partial charge in [-0.25, -0.2) is 9.67 Å². The third-order valence-electron chi connectivity index (χ3n) is 7.01. The van der Waals surface area contributed by atoms with E-state index in [9.17, 15) is 9.59 Å². The topological polar surface area (TPSA) is 93.3 Å². The lowest BCUT2D eigenvalue weighted by Gasteiger charge is -2.32. The molecule has 4 heterocycles. The van der Waals surface area contributed by atoms with E-state index in [4.69, 9.17) is 9.40 Å². The Balaban J connectivity index is 1.60. The van der Waals surface area contributed by atoms with Gasteiger partial charge in [0.05, 0.1) is 28.8 Å². The molecule has 194 valence electrons. The zero-order valence-corrected chi connectivity index (χ0v) is 22.3. The normalized spacial score (nSPS) is 16.2. The van der Waals surface area contributed by atoms with E-state index in [2.05, 4.69) is 17.3 Å². The first-order chi connectivity index (χ1) is 17.3. The third kappa shape index (κ3) is 5.47. The Kier molecular flexibility index (Phi) is 8.11. The fraction of sp³-hybridized carbons (Fsp3) is 0.571. The van der Waals surface area contributed by atoms with Crippen LogP contribution in [0.15, 0.2) is 22.7 Å². The van der Waals surface area contributed by atoms with Gasteiger partial charge in [-0.15, -0.1) is 0 Å². The van der Waals surface area contributed by atoms with Crippen LogP contribution in [-0.2, 0) is 4.79 Å². The van der Waals surface area contributed by atoms with E-state index in [1.165, 1.54) is 12.8 Å². The number of carbonyl (C=O) groups excluding carboxylic acids is 2. The molecule has 4 rings (SSSR count). The van der Waals surface area contributed by atoms with Gasteiger partial charge in [0.25, 0.3) is 5.91 Å². The molecule has 36 heavy (non-hydrogen) atoms. The van der Waals surface area contributed by atoms with Crippen LogP contribution in [0.25, 0.3) is 22.3 Å². The van der Waals surface area contributed by atoms with Crippen LogP contribution >= 0.6 is 0 Å². The molecule has 1 unspecified atom stereocenters. The van der Waals surface area contributed by atoms with Crippen molar-refractivity contribution >= 4 is 22.8 Å². The Morgan fingerprint density at radius 2 is 2.00 bits per heavy atom. The molecule has 0 saturated carbocycles. The average Bonchev–Trinajstić information content (AvgIpc) is 3.45. The number of furan rings is 1. The second-order valence-corrected chi connectivity index (χ2v) is 10.2. The minimum absolute atomic E-state index is 0.0571. The Hall–Kier alpha value is -3.16. The maximum absolute atomic E-state index is 13.9. The largest absolute Gasteiger partial charge is 0.466 e. The van der Waals surface area contributed by atoms with Crippen molar-refractivity contribution in [3.63, 3.8) is 0 Å². The van der Waals surface area contributed by atoms with Crippen LogP contribution in [0.2, 0.25) is 0 Å². The number of likely N-dealkylation sites (tertiary alicyclic amines) is 1. The SMILES string of the molecule is CCCCCCNC(=O)C1CCCN(C(=O)c2cc(-c3cc(C)oc3C)nc3c2cnn3C(C)C)C1. The van der Waals surface area contributed by atoms with Crippen LogP contribution in [0.1, 0.15) is 87.2 Å². The summed E-state index contributed by atoms with van der Waals surface area (Å²) in [6.07, 6.45) is 7.85. The predicted molar refractivity (Wildman–Crippen MR) is 141 cm³/mol. The molecule has 3 aromatic rings. The number of fused-ring (bicyclic) bond motifs is 1. The van der Waals surface area contributed by atoms with Gasteiger partial charge in [-0.2, -0.15) is 5.10 Å². The highest BCUT2D eigenvalue weighted by Gasteiger charge is 2.30. The molecule has 1 N–H and O–H groups in total. The first-order valence-electron chi connectivity index (χ1n) is 13.3.